The normalized spacial score (nSPS) is 10.4. The van der Waals surface area contributed by atoms with Crippen molar-refractivity contribution in [3.63, 3.8) is 0 Å². The third-order valence-corrected chi connectivity index (χ3v) is 3.81. The lowest BCUT2D eigenvalue weighted by Crippen LogP contribution is -2.03. The van der Waals surface area contributed by atoms with E-state index >= 15 is 0 Å². The van der Waals surface area contributed by atoms with Gasteiger partial charge in [-0.2, -0.15) is 0 Å². The molecule has 0 saturated heterocycles. The van der Waals surface area contributed by atoms with Gasteiger partial charge in [-0.3, -0.25) is 0 Å². The van der Waals surface area contributed by atoms with E-state index in [0.29, 0.717) is 6.54 Å². The van der Waals surface area contributed by atoms with E-state index in [4.69, 9.17) is 4.74 Å². The molecule has 0 fully saturated rings. The number of aromatic hydroxyl groups is 1. The Morgan fingerprint density at radius 3 is 2.65 bits per heavy atom. The third-order valence-electron chi connectivity index (χ3n) is 3.32. The number of halogens is 1. The molecule has 0 amide bonds. The number of anilines is 1. The zero-order valence-corrected chi connectivity index (χ0v) is 13.4. The van der Waals surface area contributed by atoms with E-state index < -0.39 is 0 Å². The van der Waals surface area contributed by atoms with Gasteiger partial charge in [0.1, 0.15) is 11.5 Å². The molecule has 0 radical (unpaired) electrons. The molecule has 0 aliphatic rings. The van der Waals surface area contributed by atoms with Gasteiger partial charge in [0.2, 0.25) is 0 Å². The minimum atomic E-state index is 0.289. The molecule has 0 aromatic heterocycles. The van der Waals surface area contributed by atoms with Crippen LogP contribution in [-0.4, -0.2) is 12.2 Å². The fourth-order valence-electron chi connectivity index (χ4n) is 2.22. The number of hydrogen-bond donors (Lipinski definition) is 2. The molecule has 0 atom stereocenters. The van der Waals surface area contributed by atoms with Crippen molar-refractivity contribution in [1.82, 2.24) is 0 Å². The molecule has 0 spiro atoms. The van der Waals surface area contributed by atoms with E-state index in [0.717, 1.165) is 32.6 Å². The standard InChI is InChI=1S/C16H18BrNO2/c1-10-4-6-14(11(2)16(10)20-3)18-9-12-8-13(17)5-7-15(12)19/h4-8,18-19H,9H2,1-3H3. The van der Waals surface area contributed by atoms with Crippen LogP contribution in [0.15, 0.2) is 34.8 Å². The predicted molar refractivity (Wildman–Crippen MR) is 85.6 cm³/mol. The summed E-state index contributed by atoms with van der Waals surface area (Å²) >= 11 is 3.41. The summed E-state index contributed by atoms with van der Waals surface area (Å²) in [6.45, 7) is 4.60. The van der Waals surface area contributed by atoms with Crippen molar-refractivity contribution >= 4 is 21.6 Å². The molecular weight excluding hydrogens is 318 g/mol. The number of rotatable bonds is 4. The third kappa shape index (κ3) is 3.07. The summed E-state index contributed by atoms with van der Waals surface area (Å²) in [4.78, 5) is 0. The summed E-state index contributed by atoms with van der Waals surface area (Å²) in [5.41, 5.74) is 4.04. The summed E-state index contributed by atoms with van der Waals surface area (Å²) in [5.74, 6) is 1.19. The van der Waals surface area contributed by atoms with Crippen LogP contribution in [0.25, 0.3) is 0 Å². The Kier molecular flexibility index (Phi) is 4.55. The van der Waals surface area contributed by atoms with Crippen LogP contribution in [0.3, 0.4) is 0 Å². The topological polar surface area (TPSA) is 41.5 Å². The number of ether oxygens (including phenoxy) is 1. The van der Waals surface area contributed by atoms with Gasteiger partial charge in [0.25, 0.3) is 0 Å². The Balaban J connectivity index is 2.21. The maximum absolute atomic E-state index is 9.84. The molecule has 0 saturated carbocycles. The molecule has 0 aliphatic heterocycles. The van der Waals surface area contributed by atoms with Gasteiger partial charge in [-0.15, -0.1) is 0 Å². The number of benzene rings is 2. The SMILES string of the molecule is COc1c(C)ccc(NCc2cc(Br)ccc2O)c1C. The van der Waals surface area contributed by atoms with Gasteiger partial charge < -0.3 is 15.2 Å². The van der Waals surface area contributed by atoms with Crippen molar-refractivity contribution in [3.8, 4) is 11.5 Å². The van der Waals surface area contributed by atoms with Gasteiger partial charge in [0.05, 0.1) is 7.11 Å². The van der Waals surface area contributed by atoms with Crippen LogP contribution in [0.2, 0.25) is 0 Å². The summed E-state index contributed by atoms with van der Waals surface area (Å²) in [5, 5.41) is 13.2. The van der Waals surface area contributed by atoms with Crippen LogP contribution < -0.4 is 10.1 Å². The maximum atomic E-state index is 9.84. The first kappa shape index (κ1) is 14.7. The van der Waals surface area contributed by atoms with Crippen LogP contribution >= 0.6 is 15.9 Å². The van der Waals surface area contributed by atoms with Gasteiger partial charge in [-0.1, -0.05) is 22.0 Å². The number of phenols is 1. The second-order valence-electron chi connectivity index (χ2n) is 4.71. The highest BCUT2D eigenvalue weighted by Crippen LogP contribution is 2.30. The minimum Gasteiger partial charge on any atom is -0.508 e. The van der Waals surface area contributed by atoms with Crippen LogP contribution in [0.1, 0.15) is 16.7 Å². The fraction of sp³-hybridized carbons (Fsp3) is 0.250. The van der Waals surface area contributed by atoms with Crippen molar-refractivity contribution in [2.24, 2.45) is 0 Å². The maximum Gasteiger partial charge on any atom is 0.126 e. The van der Waals surface area contributed by atoms with Crippen molar-refractivity contribution in [2.45, 2.75) is 20.4 Å². The summed E-state index contributed by atoms with van der Waals surface area (Å²) in [7, 11) is 1.68. The number of methoxy groups -OCH3 is 1. The van der Waals surface area contributed by atoms with Crippen LogP contribution in [0.4, 0.5) is 5.69 Å². The number of phenolic OH excluding ortho intramolecular Hbond substituents is 1. The molecule has 0 unspecified atom stereocenters. The zero-order chi connectivity index (χ0) is 14.7. The fourth-order valence-corrected chi connectivity index (χ4v) is 2.63. The van der Waals surface area contributed by atoms with Crippen LogP contribution in [0.5, 0.6) is 11.5 Å². The van der Waals surface area contributed by atoms with Crippen LogP contribution in [0, 0.1) is 13.8 Å². The summed E-state index contributed by atoms with van der Waals surface area (Å²) < 4.78 is 6.36. The van der Waals surface area contributed by atoms with Crippen molar-refractivity contribution < 1.29 is 9.84 Å². The van der Waals surface area contributed by atoms with Crippen LogP contribution in [-0.2, 0) is 6.54 Å². The number of aryl methyl sites for hydroxylation is 1. The van der Waals surface area contributed by atoms with E-state index in [2.05, 4.69) is 21.2 Å². The molecule has 3 nitrogen and oxygen atoms in total. The van der Waals surface area contributed by atoms with Gasteiger partial charge in [-0.05, 0) is 43.7 Å². The predicted octanol–water partition coefficient (Wildman–Crippen LogP) is 4.39. The Bertz CT molecular complexity index is 626. The molecule has 20 heavy (non-hydrogen) atoms. The van der Waals surface area contributed by atoms with E-state index in [1.54, 1.807) is 13.2 Å². The monoisotopic (exact) mass is 335 g/mol. The van der Waals surface area contributed by atoms with Crippen molar-refractivity contribution in [2.75, 3.05) is 12.4 Å². The summed E-state index contributed by atoms with van der Waals surface area (Å²) in [6, 6.07) is 9.46. The largest absolute Gasteiger partial charge is 0.508 e. The van der Waals surface area contributed by atoms with E-state index in [-0.39, 0.29) is 5.75 Å². The Morgan fingerprint density at radius 1 is 1.20 bits per heavy atom. The quantitative estimate of drug-likeness (QED) is 0.870. The smallest absolute Gasteiger partial charge is 0.126 e. The average molecular weight is 336 g/mol. The minimum absolute atomic E-state index is 0.289. The lowest BCUT2D eigenvalue weighted by Gasteiger charge is -2.15. The highest BCUT2D eigenvalue weighted by atomic mass is 79.9. The van der Waals surface area contributed by atoms with Gasteiger partial charge >= 0.3 is 0 Å². The summed E-state index contributed by atoms with van der Waals surface area (Å²) in [6.07, 6.45) is 0. The molecular formula is C16H18BrNO2. The molecule has 2 N–H and O–H groups in total. The van der Waals surface area contributed by atoms with Gasteiger partial charge in [0, 0.05) is 27.8 Å². The first-order valence-corrected chi connectivity index (χ1v) is 7.17. The molecule has 0 bridgehead atoms. The Hall–Kier alpha value is -1.68. The number of hydrogen-bond acceptors (Lipinski definition) is 3. The molecule has 0 aliphatic carbocycles. The number of nitrogens with one attached hydrogen (secondary N) is 1. The molecule has 2 rings (SSSR count). The molecule has 106 valence electrons. The van der Waals surface area contributed by atoms with E-state index in [1.165, 1.54) is 0 Å². The Morgan fingerprint density at radius 2 is 1.95 bits per heavy atom. The molecule has 0 heterocycles. The Labute approximate surface area is 127 Å². The highest BCUT2D eigenvalue weighted by molar-refractivity contribution is 9.10. The second kappa shape index (κ2) is 6.18. The lowest BCUT2D eigenvalue weighted by molar-refractivity contribution is 0.409. The van der Waals surface area contributed by atoms with E-state index in [1.807, 2.05) is 38.1 Å². The average Bonchev–Trinajstić information content (AvgIpc) is 2.42. The molecule has 2 aromatic rings. The van der Waals surface area contributed by atoms with Crippen molar-refractivity contribution in [3.05, 3.63) is 51.5 Å². The van der Waals surface area contributed by atoms with Crippen molar-refractivity contribution in [1.29, 1.82) is 0 Å². The first-order chi connectivity index (χ1) is 9.52. The zero-order valence-electron chi connectivity index (χ0n) is 11.8. The first-order valence-electron chi connectivity index (χ1n) is 6.38. The van der Waals surface area contributed by atoms with Gasteiger partial charge in [0.15, 0.2) is 0 Å². The lowest BCUT2D eigenvalue weighted by atomic mass is 10.1. The van der Waals surface area contributed by atoms with Gasteiger partial charge in [-0.25, -0.2) is 0 Å². The van der Waals surface area contributed by atoms with E-state index in [9.17, 15) is 5.11 Å². The molecule has 2 aromatic carbocycles. The second-order valence-corrected chi connectivity index (χ2v) is 5.63. The highest BCUT2D eigenvalue weighted by Gasteiger charge is 2.08. The molecule has 4 heteroatoms.